The van der Waals surface area contributed by atoms with E-state index in [1.165, 1.54) is 40.2 Å². The second-order valence-electron chi connectivity index (χ2n) is 8.38. The number of fused-ring (bicyclic) bond motifs is 2. The number of aryl methyl sites for hydroxylation is 1. The number of aromatic nitrogens is 1. The maximum Gasteiger partial charge on any atom is 0.320 e. The Morgan fingerprint density at radius 3 is 2.65 bits per heavy atom. The Balaban J connectivity index is 1.35. The zero-order valence-electron chi connectivity index (χ0n) is 17.4. The molecule has 2 N–H and O–H groups in total. The molecule has 8 heteroatoms. The van der Waals surface area contributed by atoms with Gasteiger partial charge in [-0.1, -0.05) is 0 Å². The number of nitrogens with zero attached hydrogens (tertiary/aromatic N) is 1. The van der Waals surface area contributed by atoms with Crippen LogP contribution in [-0.4, -0.2) is 16.5 Å². The zero-order valence-corrected chi connectivity index (χ0v) is 19.0. The largest absolute Gasteiger partial charge is 0.334 e. The number of hydrogen-bond donors (Lipinski definition) is 2. The fourth-order valence-electron chi connectivity index (χ4n) is 4.62. The van der Waals surface area contributed by atoms with Gasteiger partial charge in [0.05, 0.1) is 5.00 Å². The lowest BCUT2D eigenvalue weighted by atomic mass is 9.92. The molecule has 2 aliphatic rings. The van der Waals surface area contributed by atoms with E-state index < -0.39 is 5.92 Å². The zero-order chi connectivity index (χ0) is 21.6. The van der Waals surface area contributed by atoms with Gasteiger partial charge in [-0.2, -0.15) is 0 Å². The molecule has 4 nitrogen and oxygen atoms in total. The Morgan fingerprint density at radius 2 is 1.87 bits per heavy atom. The number of rotatable bonds is 4. The molecular formula is C23H25F2N3OS2. The Morgan fingerprint density at radius 1 is 1.10 bits per heavy atom. The van der Waals surface area contributed by atoms with E-state index in [0.29, 0.717) is 13.0 Å². The maximum atomic E-state index is 14.0. The van der Waals surface area contributed by atoms with E-state index in [1.54, 1.807) is 11.3 Å². The quantitative estimate of drug-likeness (QED) is 0.475. The molecule has 2 aliphatic carbocycles. The molecule has 0 atom stereocenters. The molecule has 3 aromatic rings. The molecule has 0 aromatic carbocycles. The van der Waals surface area contributed by atoms with Crippen molar-refractivity contribution < 1.29 is 13.6 Å². The van der Waals surface area contributed by atoms with Gasteiger partial charge in [0.2, 0.25) is 0 Å². The van der Waals surface area contributed by atoms with Crippen molar-refractivity contribution in [2.75, 3.05) is 5.32 Å². The number of carbonyl (C=O) groups excluding carboxylic acids is 1. The van der Waals surface area contributed by atoms with Crippen molar-refractivity contribution in [2.24, 2.45) is 0 Å². The highest BCUT2D eigenvalue weighted by molar-refractivity contribution is 7.16. The van der Waals surface area contributed by atoms with E-state index in [1.807, 2.05) is 29.1 Å². The van der Waals surface area contributed by atoms with E-state index in [4.69, 9.17) is 0 Å². The first-order chi connectivity index (χ1) is 14.9. The minimum atomic E-state index is -2.65. The van der Waals surface area contributed by atoms with Crippen LogP contribution in [0.3, 0.4) is 0 Å². The van der Waals surface area contributed by atoms with Crippen molar-refractivity contribution in [3.63, 3.8) is 0 Å². The smallest absolute Gasteiger partial charge is 0.320 e. The van der Waals surface area contributed by atoms with Gasteiger partial charge in [0.15, 0.2) is 0 Å². The van der Waals surface area contributed by atoms with Gasteiger partial charge in [-0.05, 0) is 67.9 Å². The van der Waals surface area contributed by atoms with E-state index >= 15 is 0 Å². The molecule has 5 rings (SSSR count). The topological polar surface area (TPSA) is 46.1 Å². The molecule has 3 heterocycles. The number of halogens is 2. The van der Waals surface area contributed by atoms with Crippen LogP contribution in [0.5, 0.6) is 0 Å². The van der Waals surface area contributed by atoms with Crippen LogP contribution < -0.4 is 10.6 Å². The van der Waals surface area contributed by atoms with Crippen LogP contribution in [0.25, 0.3) is 5.00 Å². The summed E-state index contributed by atoms with van der Waals surface area (Å²) in [6.07, 6.45) is 8.42. The number of urea groups is 1. The summed E-state index contributed by atoms with van der Waals surface area (Å²) in [7, 11) is 0. The van der Waals surface area contributed by atoms with Crippen LogP contribution in [0.4, 0.5) is 18.6 Å². The Hall–Kier alpha value is -2.19. The SMILES string of the molecule is Cc1c(NC(=O)NCc2c(-n3cccc3)sc3c2CCC(F)(F)C3)sc2c1CCCC2. The first-order valence-electron chi connectivity index (χ1n) is 10.7. The van der Waals surface area contributed by atoms with Crippen LogP contribution in [0.15, 0.2) is 24.5 Å². The number of anilines is 1. The van der Waals surface area contributed by atoms with E-state index in [-0.39, 0.29) is 18.9 Å². The molecule has 0 unspecified atom stereocenters. The van der Waals surface area contributed by atoms with Crippen LogP contribution in [-0.2, 0) is 32.2 Å². The predicted molar refractivity (Wildman–Crippen MR) is 122 cm³/mol. The molecule has 164 valence electrons. The first-order valence-corrected chi connectivity index (χ1v) is 12.4. The molecule has 0 bridgehead atoms. The number of hydrogen-bond acceptors (Lipinski definition) is 3. The number of carbonyl (C=O) groups is 1. The summed E-state index contributed by atoms with van der Waals surface area (Å²) < 4.78 is 29.9. The highest BCUT2D eigenvalue weighted by Crippen LogP contribution is 2.42. The third-order valence-corrected chi connectivity index (χ3v) is 8.86. The summed E-state index contributed by atoms with van der Waals surface area (Å²) in [5.74, 6) is -2.65. The molecule has 0 saturated carbocycles. The van der Waals surface area contributed by atoms with Gasteiger partial charge in [0.25, 0.3) is 5.92 Å². The average Bonchev–Trinajstić information content (AvgIpc) is 3.44. The Labute approximate surface area is 188 Å². The van der Waals surface area contributed by atoms with Crippen LogP contribution in [0.1, 0.15) is 51.3 Å². The molecule has 2 amide bonds. The van der Waals surface area contributed by atoms with Crippen LogP contribution in [0, 0.1) is 6.92 Å². The second kappa shape index (κ2) is 8.06. The van der Waals surface area contributed by atoms with Gasteiger partial charge >= 0.3 is 6.03 Å². The summed E-state index contributed by atoms with van der Waals surface area (Å²) in [5, 5.41) is 7.83. The lowest BCUT2D eigenvalue weighted by Gasteiger charge is -2.22. The van der Waals surface area contributed by atoms with Gasteiger partial charge in [-0.25, -0.2) is 13.6 Å². The van der Waals surface area contributed by atoms with Gasteiger partial charge in [-0.15, -0.1) is 22.7 Å². The van der Waals surface area contributed by atoms with Crippen LogP contribution >= 0.6 is 22.7 Å². The fraction of sp³-hybridized carbons (Fsp3) is 0.435. The highest BCUT2D eigenvalue weighted by atomic mass is 32.1. The lowest BCUT2D eigenvalue weighted by Crippen LogP contribution is -2.29. The van der Waals surface area contributed by atoms with Gasteiger partial charge in [0.1, 0.15) is 5.00 Å². The minimum absolute atomic E-state index is 0.138. The van der Waals surface area contributed by atoms with Crippen molar-refractivity contribution >= 4 is 33.7 Å². The highest BCUT2D eigenvalue weighted by Gasteiger charge is 2.37. The summed E-state index contributed by atoms with van der Waals surface area (Å²) >= 11 is 3.09. The number of thiophene rings is 2. The first kappa shape index (κ1) is 20.7. The molecule has 0 saturated heterocycles. The molecule has 0 aliphatic heterocycles. The summed E-state index contributed by atoms with van der Waals surface area (Å²) in [4.78, 5) is 14.8. The molecule has 0 radical (unpaired) electrons. The Kier molecular flexibility index (Phi) is 5.38. The van der Waals surface area contributed by atoms with Gasteiger partial charge < -0.3 is 9.88 Å². The molecule has 31 heavy (non-hydrogen) atoms. The lowest BCUT2D eigenvalue weighted by molar-refractivity contribution is -0.0112. The minimum Gasteiger partial charge on any atom is -0.334 e. The molecule has 3 aromatic heterocycles. The number of nitrogens with one attached hydrogen (secondary N) is 2. The number of amides is 2. The molecule has 0 spiro atoms. The van der Waals surface area contributed by atoms with Crippen LogP contribution in [0.2, 0.25) is 0 Å². The molecule has 0 fully saturated rings. The monoisotopic (exact) mass is 461 g/mol. The van der Waals surface area contributed by atoms with Crippen molar-refractivity contribution in [1.29, 1.82) is 0 Å². The summed E-state index contributed by atoms with van der Waals surface area (Å²) in [6.45, 7) is 2.40. The van der Waals surface area contributed by atoms with Crippen molar-refractivity contribution in [3.8, 4) is 5.00 Å². The summed E-state index contributed by atoms with van der Waals surface area (Å²) in [5.41, 5.74) is 4.50. The van der Waals surface area contributed by atoms with Crippen molar-refractivity contribution in [2.45, 2.75) is 64.3 Å². The molecular weight excluding hydrogens is 436 g/mol. The standard InChI is InChI=1S/C23H25F2N3OS2/c1-14-15-6-2-3-7-18(15)30-20(14)27-22(29)26-13-17-16-8-9-23(24,25)12-19(16)31-21(17)28-10-4-5-11-28/h4-5,10-11H,2-3,6-9,12-13H2,1H3,(H2,26,27,29). The normalized spacial score (nSPS) is 17.1. The summed E-state index contributed by atoms with van der Waals surface area (Å²) in [6, 6.07) is 3.58. The third kappa shape index (κ3) is 4.03. The van der Waals surface area contributed by atoms with Gasteiger partial charge in [-0.3, -0.25) is 5.32 Å². The average molecular weight is 462 g/mol. The fourth-order valence-corrected chi connectivity index (χ4v) is 7.32. The predicted octanol–water partition coefficient (Wildman–Crippen LogP) is 6.23. The Bertz CT molecular complexity index is 1110. The van der Waals surface area contributed by atoms with E-state index in [0.717, 1.165) is 38.8 Å². The van der Waals surface area contributed by atoms with Crippen molar-refractivity contribution in [3.05, 3.63) is 56.5 Å². The second-order valence-corrected chi connectivity index (χ2v) is 10.6. The van der Waals surface area contributed by atoms with Gasteiger partial charge in [0, 0.05) is 47.1 Å². The van der Waals surface area contributed by atoms with Crippen molar-refractivity contribution in [1.82, 2.24) is 9.88 Å². The van der Waals surface area contributed by atoms with E-state index in [9.17, 15) is 13.6 Å². The maximum absolute atomic E-state index is 14.0. The number of alkyl halides is 2. The third-order valence-electron chi connectivity index (χ3n) is 6.27. The van der Waals surface area contributed by atoms with E-state index in [2.05, 4.69) is 17.6 Å².